The summed E-state index contributed by atoms with van der Waals surface area (Å²) >= 11 is 0. The Labute approximate surface area is 111 Å². The predicted octanol–water partition coefficient (Wildman–Crippen LogP) is 1.41. The third-order valence-corrected chi connectivity index (χ3v) is 3.64. The summed E-state index contributed by atoms with van der Waals surface area (Å²) in [6.45, 7) is 2.28. The molecule has 0 bridgehead atoms. The largest absolute Gasteiger partial charge is 0.399 e. The Morgan fingerprint density at radius 2 is 2.16 bits per heavy atom. The average Bonchev–Trinajstić information content (AvgIpc) is 2.44. The predicted molar refractivity (Wildman–Crippen MR) is 74.0 cm³/mol. The Balaban J connectivity index is 1.95. The zero-order chi connectivity index (χ0) is 13.2. The number of nitrogens with two attached hydrogens (primary N) is 1. The molecule has 1 aliphatic heterocycles. The molecule has 100 valence electrons. The van der Waals surface area contributed by atoms with Gasteiger partial charge in [0.05, 0.1) is 17.2 Å². The van der Waals surface area contributed by atoms with Crippen molar-refractivity contribution >= 4 is 16.6 Å². The number of fused-ring (bicyclic) bond motifs is 1. The summed E-state index contributed by atoms with van der Waals surface area (Å²) in [5.74, 6) is 0.492. The lowest BCUT2D eigenvalue weighted by atomic mass is 10.0. The number of hydrogen-bond acceptors (Lipinski definition) is 4. The molecule has 1 aliphatic rings. The van der Waals surface area contributed by atoms with Crippen molar-refractivity contribution in [3.8, 4) is 0 Å². The number of rotatable bonds is 2. The first kappa shape index (κ1) is 12.2. The highest BCUT2D eigenvalue weighted by atomic mass is 16.5. The summed E-state index contributed by atoms with van der Waals surface area (Å²) in [7, 11) is 0. The molecule has 3 rings (SSSR count). The average molecular weight is 259 g/mol. The van der Waals surface area contributed by atoms with Crippen LogP contribution in [0.1, 0.15) is 12.8 Å². The van der Waals surface area contributed by atoms with Crippen LogP contribution in [0.2, 0.25) is 0 Å². The Morgan fingerprint density at radius 3 is 2.95 bits per heavy atom. The van der Waals surface area contributed by atoms with Gasteiger partial charge in [0.1, 0.15) is 0 Å². The lowest BCUT2D eigenvalue weighted by molar-refractivity contribution is 0.0609. The van der Waals surface area contributed by atoms with E-state index in [0.717, 1.165) is 26.1 Å². The van der Waals surface area contributed by atoms with Gasteiger partial charge in [0.2, 0.25) is 0 Å². The Hall–Kier alpha value is -1.88. The highest BCUT2D eigenvalue weighted by Crippen LogP contribution is 2.17. The van der Waals surface area contributed by atoms with Crippen LogP contribution in [0.3, 0.4) is 0 Å². The molecule has 19 heavy (non-hydrogen) atoms. The number of benzene rings is 1. The van der Waals surface area contributed by atoms with Crippen molar-refractivity contribution < 1.29 is 4.74 Å². The molecule has 2 aromatic rings. The van der Waals surface area contributed by atoms with E-state index in [-0.39, 0.29) is 5.56 Å². The normalized spacial score (nSPS) is 16.8. The van der Waals surface area contributed by atoms with E-state index in [1.807, 2.05) is 0 Å². The standard InChI is InChI=1S/C14H17N3O2/c15-11-1-2-13-12(7-11)14(18)17(9-16-13)8-10-3-5-19-6-4-10/h1-2,7,9-10H,3-6,8,15H2. The Bertz CT molecular complexity index is 645. The lowest BCUT2D eigenvalue weighted by Crippen LogP contribution is -2.27. The minimum absolute atomic E-state index is 0.0104. The number of hydrogen-bond donors (Lipinski definition) is 1. The molecule has 1 aromatic carbocycles. The van der Waals surface area contributed by atoms with E-state index in [1.165, 1.54) is 0 Å². The van der Waals surface area contributed by atoms with Crippen LogP contribution < -0.4 is 11.3 Å². The fraction of sp³-hybridized carbons (Fsp3) is 0.429. The first-order valence-electron chi connectivity index (χ1n) is 6.56. The first-order valence-corrected chi connectivity index (χ1v) is 6.56. The second kappa shape index (κ2) is 5.01. The molecular formula is C14H17N3O2. The summed E-state index contributed by atoms with van der Waals surface area (Å²) in [5, 5.41) is 0.592. The molecule has 2 N–H and O–H groups in total. The molecular weight excluding hydrogens is 242 g/mol. The van der Waals surface area contributed by atoms with Crippen LogP contribution in [0, 0.1) is 5.92 Å². The maximum absolute atomic E-state index is 12.4. The van der Waals surface area contributed by atoms with Gasteiger partial charge in [-0.25, -0.2) is 4.98 Å². The fourth-order valence-corrected chi connectivity index (χ4v) is 2.51. The molecule has 2 heterocycles. The Kier molecular flexibility index (Phi) is 3.21. The van der Waals surface area contributed by atoms with Gasteiger partial charge in [-0.2, -0.15) is 0 Å². The highest BCUT2D eigenvalue weighted by Gasteiger charge is 2.15. The molecule has 0 radical (unpaired) electrons. The third-order valence-electron chi connectivity index (χ3n) is 3.64. The highest BCUT2D eigenvalue weighted by molar-refractivity contribution is 5.80. The molecule has 0 amide bonds. The molecule has 0 atom stereocenters. The third kappa shape index (κ3) is 2.46. The van der Waals surface area contributed by atoms with Crippen molar-refractivity contribution in [3.05, 3.63) is 34.9 Å². The van der Waals surface area contributed by atoms with Gasteiger partial charge >= 0.3 is 0 Å². The van der Waals surface area contributed by atoms with Crippen molar-refractivity contribution in [1.82, 2.24) is 9.55 Å². The van der Waals surface area contributed by atoms with Crippen molar-refractivity contribution in [2.24, 2.45) is 5.92 Å². The molecule has 0 spiro atoms. The van der Waals surface area contributed by atoms with Gasteiger partial charge in [-0.3, -0.25) is 9.36 Å². The minimum atomic E-state index is -0.0104. The van der Waals surface area contributed by atoms with Crippen LogP contribution in [0.5, 0.6) is 0 Å². The van der Waals surface area contributed by atoms with Gasteiger partial charge in [-0.05, 0) is 37.0 Å². The molecule has 1 aromatic heterocycles. The second-order valence-corrected chi connectivity index (χ2v) is 5.03. The van der Waals surface area contributed by atoms with Crippen LogP contribution >= 0.6 is 0 Å². The Morgan fingerprint density at radius 1 is 1.37 bits per heavy atom. The minimum Gasteiger partial charge on any atom is -0.399 e. The van der Waals surface area contributed by atoms with E-state index in [9.17, 15) is 4.79 Å². The first-order chi connectivity index (χ1) is 9.24. The molecule has 5 heteroatoms. The number of anilines is 1. The van der Waals surface area contributed by atoms with E-state index < -0.39 is 0 Å². The molecule has 0 aliphatic carbocycles. The van der Waals surface area contributed by atoms with Gasteiger partial charge < -0.3 is 10.5 Å². The fourth-order valence-electron chi connectivity index (χ4n) is 2.51. The van der Waals surface area contributed by atoms with E-state index >= 15 is 0 Å². The van der Waals surface area contributed by atoms with Crippen LogP contribution in [0.15, 0.2) is 29.3 Å². The van der Waals surface area contributed by atoms with Gasteiger partial charge in [0, 0.05) is 25.4 Å². The maximum atomic E-state index is 12.4. The monoisotopic (exact) mass is 259 g/mol. The van der Waals surface area contributed by atoms with E-state index in [2.05, 4.69) is 4.98 Å². The van der Waals surface area contributed by atoms with Crippen LogP contribution in [0.4, 0.5) is 5.69 Å². The van der Waals surface area contributed by atoms with Crippen molar-refractivity contribution in [2.75, 3.05) is 18.9 Å². The number of nitrogens with zero attached hydrogens (tertiary/aromatic N) is 2. The summed E-state index contributed by atoms with van der Waals surface area (Å²) in [4.78, 5) is 16.7. The van der Waals surface area contributed by atoms with Gasteiger partial charge in [-0.15, -0.1) is 0 Å². The van der Waals surface area contributed by atoms with Gasteiger partial charge in [-0.1, -0.05) is 0 Å². The summed E-state index contributed by atoms with van der Waals surface area (Å²) < 4.78 is 7.03. The van der Waals surface area contributed by atoms with Crippen molar-refractivity contribution in [3.63, 3.8) is 0 Å². The molecule has 1 fully saturated rings. The number of nitrogen functional groups attached to an aromatic ring is 1. The topological polar surface area (TPSA) is 70.1 Å². The van der Waals surface area contributed by atoms with Crippen molar-refractivity contribution in [2.45, 2.75) is 19.4 Å². The molecule has 1 saturated heterocycles. The summed E-state index contributed by atoms with van der Waals surface area (Å²) in [6.07, 6.45) is 3.64. The molecule has 0 unspecified atom stereocenters. The zero-order valence-electron chi connectivity index (χ0n) is 10.7. The quantitative estimate of drug-likeness (QED) is 0.828. The zero-order valence-corrected chi connectivity index (χ0v) is 10.7. The molecule has 0 saturated carbocycles. The van der Waals surface area contributed by atoms with Crippen LogP contribution in [-0.2, 0) is 11.3 Å². The summed E-state index contributed by atoms with van der Waals surface area (Å²) in [6, 6.07) is 5.24. The maximum Gasteiger partial charge on any atom is 0.261 e. The van der Waals surface area contributed by atoms with Crippen LogP contribution in [-0.4, -0.2) is 22.8 Å². The molecule has 5 nitrogen and oxygen atoms in total. The van der Waals surface area contributed by atoms with Crippen LogP contribution in [0.25, 0.3) is 10.9 Å². The lowest BCUT2D eigenvalue weighted by Gasteiger charge is -2.22. The SMILES string of the molecule is Nc1ccc2ncn(CC3CCOCC3)c(=O)c2c1. The number of ether oxygens (including phenoxy) is 1. The van der Waals surface area contributed by atoms with Crippen molar-refractivity contribution in [1.29, 1.82) is 0 Å². The van der Waals surface area contributed by atoms with E-state index in [0.29, 0.717) is 29.1 Å². The van der Waals surface area contributed by atoms with Gasteiger partial charge in [0.25, 0.3) is 5.56 Å². The van der Waals surface area contributed by atoms with E-state index in [1.54, 1.807) is 29.1 Å². The summed E-state index contributed by atoms with van der Waals surface area (Å²) in [5.41, 5.74) is 7.01. The second-order valence-electron chi connectivity index (χ2n) is 5.03. The van der Waals surface area contributed by atoms with E-state index in [4.69, 9.17) is 10.5 Å². The van der Waals surface area contributed by atoms with Gasteiger partial charge in [0.15, 0.2) is 0 Å². The smallest absolute Gasteiger partial charge is 0.261 e. The number of aromatic nitrogens is 2.